The van der Waals surface area contributed by atoms with Crippen molar-refractivity contribution >= 4 is 34.5 Å². The molecule has 8 heteroatoms. The van der Waals surface area contributed by atoms with Crippen LogP contribution in [0.25, 0.3) is 0 Å². The first-order chi connectivity index (χ1) is 8.87. The van der Waals surface area contributed by atoms with Crippen molar-refractivity contribution in [3.63, 3.8) is 0 Å². The van der Waals surface area contributed by atoms with E-state index in [1.165, 1.54) is 0 Å². The molecule has 1 atom stereocenters. The molecular weight excluding hydrogens is 365 g/mol. The molecule has 0 N–H and O–H groups in total. The molecule has 19 heavy (non-hydrogen) atoms. The predicted octanol–water partition coefficient (Wildman–Crippen LogP) is 1.17. The molecule has 1 saturated heterocycles. The highest BCUT2D eigenvalue weighted by atomic mass is 127. The Bertz CT molecular complexity index is 514. The topological polar surface area (TPSA) is 85.5 Å². The normalized spacial score (nSPS) is 21.2. The minimum absolute atomic E-state index is 0.0292. The van der Waals surface area contributed by atoms with Gasteiger partial charge in [0, 0.05) is 0 Å². The van der Waals surface area contributed by atoms with Gasteiger partial charge in [0.25, 0.3) is 0 Å². The van der Waals surface area contributed by atoms with Crippen molar-refractivity contribution in [2.75, 3.05) is 6.61 Å². The number of aromatic nitrogens is 2. The molecule has 7 nitrogen and oxygen atoms in total. The first kappa shape index (κ1) is 14.2. The van der Waals surface area contributed by atoms with Gasteiger partial charge >= 0.3 is 11.9 Å². The molecule has 1 aliphatic rings. The van der Waals surface area contributed by atoms with Gasteiger partial charge in [-0.15, -0.1) is 10.2 Å². The Balaban J connectivity index is 2.05. The lowest BCUT2D eigenvalue weighted by Gasteiger charge is -2.51. The van der Waals surface area contributed by atoms with Gasteiger partial charge in [-0.25, -0.2) is 4.79 Å². The summed E-state index contributed by atoms with van der Waals surface area (Å²) >= 11 is 2.11. The molecule has 2 heterocycles. The smallest absolute Gasteiger partial charge is 0.396 e. The fraction of sp³-hybridized carbons (Fsp3) is 0.636. The van der Waals surface area contributed by atoms with E-state index < -0.39 is 5.97 Å². The Morgan fingerprint density at radius 2 is 2.21 bits per heavy atom. The maximum absolute atomic E-state index is 11.8. The van der Waals surface area contributed by atoms with Gasteiger partial charge in [-0.05, 0) is 20.8 Å². The number of likely N-dealkylation sites (tertiary alicyclic amines) is 1. The van der Waals surface area contributed by atoms with Crippen LogP contribution in [-0.2, 0) is 16.1 Å². The molecule has 2 rings (SSSR count). The van der Waals surface area contributed by atoms with Crippen LogP contribution in [-0.4, -0.2) is 43.0 Å². The molecule has 0 saturated carbocycles. The maximum Gasteiger partial charge on any atom is 0.396 e. The van der Waals surface area contributed by atoms with Crippen LogP contribution >= 0.6 is 22.6 Å². The summed E-state index contributed by atoms with van der Waals surface area (Å²) in [5.74, 6) is -0.579. The Hall–Kier alpha value is -1.19. The molecule has 1 fully saturated rings. The van der Waals surface area contributed by atoms with Gasteiger partial charge in [0.05, 0.1) is 18.7 Å². The molecule has 1 aliphatic heterocycles. The van der Waals surface area contributed by atoms with Crippen molar-refractivity contribution in [1.82, 2.24) is 15.1 Å². The van der Waals surface area contributed by atoms with E-state index in [4.69, 9.17) is 9.15 Å². The molecule has 1 unspecified atom stereocenters. The van der Waals surface area contributed by atoms with Gasteiger partial charge < -0.3 is 14.1 Å². The standard InChI is InChI=1S/C11H14IN3O4/c1-4-18-10(17)8-14-13-6(19-8)5-15-9(16)7(12)11(15,2)3/h7H,4-5H2,1-3H3. The van der Waals surface area contributed by atoms with Gasteiger partial charge in [-0.3, -0.25) is 4.79 Å². The van der Waals surface area contributed by atoms with Crippen molar-refractivity contribution in [3.05, 3.63) is 11.8 Å². The highest BCUT2D eigenvalue weighted by Crippen LogP contribution is 2.38. The van der Waals surface area contributed by atoms with Crippen molar-refractivity contribution < 1.29 is 18.7 Å². The second kappa shape index (κ2) is 5.06. The second-order valence-corrected chi connectivity index (χ2v) is 5.91. The van der Waals surface area contributed by atoms with Crippen LogP contribution in [0.2, 0.25) is 0 Å². The van der Waals surface area contributed by atoms with Crippen LogP contribution in [0.5, 0.6) is 0 Å². The Kier molecular flexibility index (Phi) is 3.79. The minimum atomic E-state index is -0.651. The number of hydrogen-bond acceptors (Lipinski definition) is 6. The van der Waals surface area contributed by atoms with E-state index in [2.05, 4.69) is 32.8 Å². The van der Waals surface area contributed by atoms with Gasteiger partial charge in [0.15, 0.2) is 0 Å². The Morgan fingerprint density at radius 1 is 1.53 bits per heavy atom. The number of ether oxygens (including phenoxy) is 1. The summed E-state index contributed by atoms with van der Waals surface area (Å²) in [7, 11) is 0. The quantitative estimate of drug-likeness (QED) is 0.338. The Morgan fingerprint density at radius 3 is 2.79 bits per heavy atom. The molecule has 0 aliphatic carbocycles. The highest BCUT2D eigenvalue weighted by molar-refractivity contribution is 14.1. The van der Waals surface area contributed by atoms with Crippen molar-refractivity contribution in [1.29, 1.82) is 0 Å². The van der Waals surface area contributed by atoms with E-state index in [9.17, 15) is 9.59 Å². The third-order valence-electron chi connectivity index (χ3n) is 3.01. The summed E-state index contributed by atoms with van der Waals surface area (Å²) < 4.78 is 9.88. The summed E-state index contributed by atoms with van der Waals surface area (Å²) in [5.41, 5.74) is -0.254. The molecule has 1 aromatic heterocycles. The van der Waals surface area contributed by atoms with Gasteiger partial charge in [-0.1, -0.05) is 22.6 Å². The monoisotopic (exact) mass is 379 g/mol. The van der Waals surface area contributed by atoms with E-state index in [0.717, 1.165) is 0 Å². The summed E-state index contributed by atoms with van der Waals surface area (Å²) in [6.07, 6.45) is 0. The summed E-state index contributed by atoms with van der Waals surface area (Å²) in [4.78, 5) is 24.8. The van der Waals surface area contributed by atoms with Crippen LogP contribution in [0, 0.1) is 0 Å². The fourth-order valence-electron chi connectivity index (χ4n) is 1.80. The zero-order valence-corrected chi connectivity index (χ0v) is 13.0. The number of carbonyl (C=O) groups is 2. The highest BCUT2D eigenvalue weighted by Gasteiger charge is 2.52. The average Bonchev–Trinajstić information content (AvgIpc) is 2.83. The van der Waals surface area contributed by atoms with Crippen molar-refractivity contribution in [2.24, 2.45) is 0 Å². The number of β-lactam (4-membered cyclic amide) rings is 1. The van der Waals surface area contributed by atoms with Crippen LogP contribution in [0.3, 0.4) is 0 Å². The SMILES string of the molecule is CCOC(=O)c1nnc(CN2C(=O)C(I)C2(C)C)o1. The Labute approximate surface area is 123 Å². The number of nitrogens with zero attached hydrogens (tertiary/aromatic N) is 3. The van der Waals surface area contributed by atoms with E-state index in [-0.39, 0.29) is 40.3 Å². The van der Waals surface area contributed by atoms with E-state index in [1.807, 2.05) is 13.8 Å². The van der Waals surface area contributed by atoms with Crippen LogP contribution in [0.4, 0.5) is 0 Å². The van der Waals surface area contributed by atoms with Crippen LogP contribution < -0.4 is 0 Å². The van der Waals surface area contributed by atoms with Crippen molar-refractivity contribution in [3.8, 4) is 0 Å². The number of esters is 1. The van der Waals surface area contributed by atoms with Crippen molar-refractivity contribution in [2.45, 2.75) is 36.8 Å². The molecule has 0 radical (unpaired) electrons. The number of carbonyl (C=O) groups excluding carboxylic acids is 2. The number of rotatable bonds is 4. The average molecular weight is 379 g/mol. The molecule has 1 amide bonds. The number of hydrogen-bond donors (Lipinski definition) is 0. The molecule has 0 aromatic carbocycles. The number of amides is 1. The van der Waals surface area contributed by atoms with E-state index >= 15 is 0 Å². The molecule has 1 aromatic rings. The number of alkyl halides is 1. The minimum Gasteiger partial charge on any atom is -0.459 e. The number of halogens is 1. The van der Waals surface area contributed by atoms with Gasteiger partial charge in [-0.2, -0.15) is 0 Å². The second-order valence-electron chi connectivity index (χ2n) is 4.66. The molecular formula is C11H14IN3O4. The third-order valence-corrected chi connectivity index (χ3v) is 5.07. The lowest BCUT2D eigenvalue weighted by atomic mass is 9.88. The fourth-order valence-corrected chi connectivity index (χ4v) is 2.48. The van der Waals surface area contributed by atoms with Crippen LogP contribution in [0.15, 0.2) is 4.42 Å². The zero-order valence-electron chi connectivity index (χ0n) is 10.8. The lowest BCUT2D eigenvalue weighted by molar-refractivity contribution is -0.152. The van der Waals surface area contributed by atoms with Crippen LogP contribution in [0.1, 0.15) is 37.3 Å². The zero-order chi connectivity index (χ0) is 14.2. The van der Waals surface area contributed by atoms with Gasteiger partial charge in [0.2, 0.25) is 11.8 Å². The predicted molar refractivity (Wildman–Crippen MR) is 72.7 cm³/mol. The molecule has 0 bridgehead atoms. The van der Waals surface area contributed by atoms with E-state index in [0.29, 0.717) is 0 Å². The molecule has 104 valence electrons. The lowest BCUT2D eigenvalue weighted by Crippen LogP contribution is -2.68. The first-order valence-corrected chi connectivity index (χ1v) is 7.07. The summed E-state index contributed by atoms with van der Waals surface area (Å²) in [6.45, 7) is 6.07. The first-order valence-electron chi connectivity index (χ1n) is 5.83. The summed E-state index contributed by atoms with van der Waals surface area (Å²) in [6, 6.07) is 0. The summed E-state index contributed by atoms with van der Waals surface area (Å²) in [5, 5.41) is 7.36. The van der Waals surface area contributed by atoms with E-state index in [1.54, 1.807) is 11.8 Å². The maximum atomic E-state index is 11.8. The van der Waals surface area contributed by atoms with Gasteiger partial charge in [0.1, 0.15) is 3.92 Å². The largest absolute Gasteiger partial charge is 0.459 e. The molecule has 0 spiro atoms. The third kappa shape index (κ3) is 2.45.